The number of ether oxygens (including phenoxy) is 1. The number of carbonyl (C=O) groups excluding carboxylic acids is 1. The summed E-state index contributed by atoms with van der Waals surface area (Å²) in [6, 6.07) is 0. The van der Waals surface area contributed by atoms with Crippen LogP contribution in [0.5, 0.6) is 0 Å². The van der Waals surface area contributed by atoms with Crippen LogP contribution in [0.1, 0.15) is 46.5 Å². The highest BCUT2D eigenvalue weighted by molar-refractivity contribution is 5.69. The van der Waals surface area contributed by atoms with E-state index >= 15 is 0 Å². The van der Waals surface area contributed by atoms with Gasteiger partial charge in [0.2, 0.25) is 0 Å². The highest BCUT2D eigenvalue weighted by atomic mass is 16.5. The number of carbonyl (C=O) groups is 1. The number of hydrogen-bond acceptors (Lipinski definition) is 2. The van der Waals surface area contributed by atoms with E-state index in [1.165, 1.54) is 20.0 Å². The molecule has 0 saturated carbocycles. The summed E-state index contributed by atoms with van der Waals surface area (Å²) in [5.41, 5.74) is 0. The van der Waals surface area contributed by atoms with E-state index in [1.54, 1.807) is 0 Å². The minimum Gasteiger partial charge on any atom is -0.469 e. The Bertz CT molecular complexity index is 143. The number of esters is 1. The van der Waals surface area contributed by atoms with Crippen molar-refractivity contribution in [2.75, 3.05) is 7.11 Å². The minimum atomic E-state index is -0.0875. The van der Waals surface area contributed by atoms with Crippen molar-refractivity contribution in [3.63, 3.8) is 0 Å². The van der Waals surface area contributed by atoms with Crippen LogP contribution >= 0.6 is 0 Å². The fourth-order valence-corrected chi connectivity index (χ4v) is 1.47. The minimum absolute atomic E-state index is 0.0875. The Balaban J connectivity index is 3.60. The molecule has 2 atom stereocenters. The van der Waals surface area contributed by atoms with Crippen LogP contribution in [0.4, 0.5) is 0 Å². The summed E-state index contributed by atoms with van der Waals surface area (Å²) in [6.07, 6.45) is 3.99. The quantitative estimate of drug-likeness (QED) is 0.596. The predicted molar refractivity (Wildman–Crippen MR) is 54.5 cm³/mol. The zero-order chi connectivity index (χ0) is 10.3. The van der Waals surface area contributed by atoms with Crippen LogP contribution < -0.4 is 0 Å². The van der Waals surface area contributed by atoms with E-state index in [4.69, 9.17) is 0 Å². The van der Waals surface area contributed by atoms with E-state index in [0.29, 0.717) is 12.3 Å². The molecule has 0 radical (unpaired) electrons. The Hall–Kier alpha value is -0.530. The van der Waals surface area contributed by atoms with Crippen LogP contribution in [-0.4, -0.2) is 13.1 Å². The van der Waals surface area contributed by atoms with E-state index in [9.17, 15) is 4.79 Å². The predicted octanol–water partition coefficient (Wildman–Crippen LogP) is 3.01. The number of hydrogen-bond donors (Lipinski definition) is 0. The third-order valence-corrected chi connectivity index (χ3v) is 2.75. The second-order valence-electron chi connectivity index (χ2n) is 3.86. The second kappa shape index (κ2) is 6.93. The molecule has 0 fully saturated rings. The fraction of sp³-hybridized carbons (Fsp3) is 0.909. The zero-order valence-electron chi connectivity index (χ0n) is 9.30. The van der Waals surface area contributed by atoms with Crippen molar-refractivity contribution in [1.82, 2.24) is 0 Å². The molecule has 2 heteroatoms. The summed E-state index contributed by atoms with van der Waals surface area (Å²) in [5.74, 6) is 1.25. The molecule has 0 aromatic rings. The van der Waals surface area contributed by atoms with Gasteiger partial charge in [0.1, 0.15) is 0 Å². The molecule has 0 aromatic heterocycles. The lowest BCUT2D eigenvalue weighted by Crippen LogP contribution is -2.10. The van der Waals surface area contributed by atoms with E-state index < -0.39 is 0 Å². The molecule has 13 heavy (non-hydrogen) atoms. The normalized spacial score (nSPS) is 15.1. The maximum Gasteiger partial charge on any atom is 0.305 e. The SMILES string of the molecule is CCCC(C)C(C)CCC(=O)OC. The Labute approximate surface area is 81.7 Å². The maximum absolute atomic E-state index is 10.9. The van der Waals surface area contributed by atoms with Crippen LogP contribution in [-0.2, 0) is 9.53 Å². The van der Waals surface area contributed by atoms with Gasteiger partial charge in [0.15, 0.2) is 0 Å². The van der Waals surface area contributed by atoms with Crippen molar-refractivity contribution >= 4 is 5.97 Å². The molecule has 2 unspecified atom stereocenters. The highest BCUT2D eigenvalue weighted by Gasteiger charge is 2.12. The monoisotopic (exact) mass is 186 g/mol. The van der Waals surface area contributed by atoms with Crippen LogP contribution in [0.2, 0.25) is 0 Å². The summed E-state index contributed by atoms with van der Waals surface area (Å²) in [5, 5.41) is 0. The van der Waals surface area contributed by atoms with Crippen molar-refractivity contribution in [1.29, 1.82) is 0 Å². The smallest absolute Gasteiger partial charge is 0.305 e. The third-order valence-electron chi connectivity index (χ3n) is 2.75. The summed E-state index contributed by atoms with van der Waals surface area (Å²) < 4.78 is 4.60. The fourth-order valence-electron chi connectivity index (χ4n) is 1.47. The van der Waals surface area contributed by atoms with E-state index in [-0.39, 0.29) is 5.97 Å². The van der Waals surface area contributed by atoms with Crippen LogP contribution in [0.15, 0.2) is 0 Å². The Kier molecular flexibility index (Phi) is 6.65. The van der Waals surface area contributed by atoms with Gasteiger partial charge in [-0.05, 0) is 18.3 Å². The van der Waals surface area contributed by atoms with Gasteiger partial charge in [0, 0.05) is 6.42 Å². The van der Waals surface area contributed by atoms with Gasteiger partial charge in [-0.1, -0.05) is 33.6 Å². The van der Waals surface area contributed by atoms with Crippen LogP contribution in [0.3, 0.4) is 0 Å². The molecule has 78 valence electrons. The average molecular weight is 186 g/mol. The first-order chi connectivity index (χ1) is 6.11. The molecular weight excluding hydrogens is 164 g/mol. The van der Waals surface area contributed by atoms with Crippen molar-refractivity contribution in [3.8, 4) is 0 Å². The Morgan fingerprint density at radius 1 is 1.23 bits per heavy atom. The van der Waals surface area contributed by atoms with Crippen molar-refractivity contribution in [3.05, 3.63) is 0 Å². The van der Waals surface area contributed by atoms with E-state index in [2.05, 4.69) is 25.5 Å². The second-order valence-corrected chi connectivity index (χ2v) is 3.86. The number of methoxy groups -OCH3 is 1. The van der Waals surface area contributed by atoms with Crippen LogP contribution in [0.25, 0.3) is 0 Å². The summed E-state index contributed by atoms with van der Waals surface area (Å²) in [4.78, 5) is 10.9. The van der Waals surface area contributed by atoms with Crippen molar-refractivity contribution in [2.45, 2.75) is 46.5 Å². The lowest BCUT2D eigenvalue weighted by Gasteiger charge is -2.18. The molecular formula is C11H22O2. The largest absolute Gasteiger partial charge is 0.469 e. The molecule has 0 aliphatic rings. The lowest BCUT2D eigenvalue weighted by molar-refractivity contribution is -0.141. The zero-order valence-corrected chi connectivity index (χ0v) is 9.30. The van der Waals surface area contributed by atoms with Gasteiger partial charge in [-0.3, -0.25) is 4.79 Å². The summed E-state index contributed by atoms with van der Waals surface area (Å²) >= 11 is 0. The van der Waals surface area contributed by atoms with Gasteiger partial charge in [-0.25, -0.2) is 0 Å². The molecule has 0 rings (SSSR count). The van der Waals surface area contributed by atoms with E-state index in [0.717, 1.165) is 12.3 Å². The molecule has 0 N–H and O–H groups in total. The van der Waals surface area contributed by atoms with Crippen LogP contribution in [0, 0.1) is 11.8 Å². The molecule has 0 aliphatic heterocycles. The van der Waals surface area contributed by atoms with Crippen molar-refractivity contribution < 1.29 is 9.53 Å². The molecule has 0 amide bonds. The van der Waals surface area contributed by atoms with Gasteiger partial charge in [-0.15, -0.1) is 0 Å². The van der Waals surface area contributed by atoms with Gasteiger partial charge in [0.25, 0.3) is 0 Å². The molecule has 2 nitrogen and oxygen atoms in total. The molecule has 0 heterocycles. The lowest BCUT2D eigenvalue weighted by atomic mass is 9.88. The first-order valence-electron chi connectivity index (χ1n) is 5.18. The summed E-state index contributed by atoms with van der Waals surface area (Å²) in [7, 11) is 1.45. The van der Waals surface area contributed by atoms with Gasteiger partial charge in [0.05, 0.1) is 7.11 Å². The molecule has 0 saturated heterocycles. The highest BCUT2D eigenvalue weighted by Crippen LogP contribution is 2.21. The standard InChI is InChI=1S/C11H22O2/c1-5-6-9(2)10(3)7-8-11(12)13-4/h9-10H,5-8H2,1-4H3. The summed E-state index contributed by atoms with van der Waals surface area (Å²) in [6.45, 7) is 6.66. The molecule has 0 spiro atoms. The number of rotatable bonds is 6. The maximum atomic E-state index is 10.9. The van der Waals surface area contributed by atoms with Gasteiger partial charge < -0.3 is 4.74 Å². The average Bonchev–Trinajstić information content (AvgIpc) is 2.13. The first kappa shape index (κ1) is 12.5. The van der Waals surface area contributed by atoms with E-state index in [1.807, 2.05) is 0 Å². The molecule has 0 bridgehead atoms. The molecule has 0 aromatic carbocycles. The van der Waals surface area contributed by atoms with Crippen molar-refractivity contribution in [2.24, 2.45) is 11.8 Å². The van der Waals surface area contributed by atoms with Gasteiger partial charge >= 0.3 is 5.97 Å². The topological polar surface area (TPSA) is 26.3 Å². The molecule has 0 aliphatic carbocycles. The third kappa shape index (κ3) is 5.67. The Morgan fingerprint density at radius 3 is 2.23 bits per heavy atom. The van der Waals surface area contributed by atoms with Gasteiger partial charge in [-0.2, -0.15) is 0 Å². The first-order valence-corrected chi connectivity index (χ1v) is 5.18. The Morgan fingerprint density at radius 2 is 1.77 bits per heavy atom.